The molecular weight excluding hydrogens is 524 g/mol. The third-order valence-corrected chi connectivity index (χ3v) is 6.30. The number of carbonyl (C=O) groups is 1. The number of hydrogen-bond acceptors (Lipinski definition) is 5. The van der Waals surface area contributed by atoms with E-state index < -0.39 is 0 Å². The molecule has 0 spiro atoms. The minimum absolute atomic E-state index is 0.0538. The summed E-state index contributed by atoms with van der Waals surface area (Å²) in [7, 11) is 0. The Kier molecular flexibility index (Phi) is 8.04. The lowest BCUT2D eigenvalue weighted by Gasteiger charge is -2.11. The fourth-order valence-electron chi connectivity index (χ4n) is 2.99. The van der Waals surface area contributed by atoms with Crippen molar-refractivity contribution in [2.24, 2.45) is 0 Å². The van der Waals surface area contributed by atoms with Gasteiger partial charge in [-0.3, -0.25) is 9.36 Å². The van der Waals surface area contributed by atoms with Gasteiger partial charge in [-0.25, -0.2) is 0 Å². The molecule has 33 heavy (non-hydrogen) atoms. The number of nitrogens with one attached hydrogen (secondary N) is 1. The molecule has 1 N–H and O–H groups in total. The number of amides is 1. The number of nitrogens with zero attached hydrogens (tertiary/aromatic N) is 3. The Morgan fingerprint density at radius 2 is 1.73 bits per heavy atom. The quantitative estimate of drug-likeness (QED) is 0.248. The molecule has 0 unspecified atom stereocenters. The first kappa shape index (κ1) is 23.4. The number of anilines is 1. The first-order valence-electron chi connectivity index (χ1n) is 10.1. The fraction of sp³-hybridized carbons (Fsp3) is 0.125. The Balaban J connectivity index is 1.42. The van der Waals surface area contributed by atoms with Crippen molar-refractivity contribution >= 4 is 50.9 Å². The Hall–Kier alpha value is -2.81. The molecule has 0 aliphatic heterocycles. The van der Waals surface area contributed by atoms with Crippen LogP contribution in [0.25, 0.3) is 5.69 Å². The van der Waals surface area contributed by atoms with E-state index in [9.17, 15) is 4.79 Å². The van der Waals surface area contributed by atoms with Crippen molar-refractivity contribution in [3.8, 4) is 11.4 Å². The summed E-state index contributed by atoms with van der Waals surface area (Å²) < 4.78 is 8.80. The zero-order chi connectivity index (χ0) is 23.0. The van der Waals surface area contributed by atoms with E-state index in [1.165, 1.54) is 11.8 Å². The molecule has 4 rings (SSSR count). The van der Waals surface area contributed by atoms with Crippen LogP contribution in [0.2, 0.25) is 5.02 Å². The second kappa shape index (κ2) is 11.4. The van der Waals surface area contributed by atoms with E-state index in [1.54, 1.807) is 12.1 Å². The number of ether oxygens (including phenoxy) is 1. The van der Waals surface area contributed by atoms with Gasteiger partial charge in [-0.05, 0) is 60.7 Å². The summed E-state index contributed by atoms with van der Waals surface area (Å²) in [4.78, 5) is 12.3. The molecular formula is C24H20BrClN4O2S. The molecule has 0 saturated carbocycles. The number of carbonyl (C=O) groups excluding carboxylic acids is 1. The van der Waals surface area contributed by atoms with Crippen LogP contribution in [0.5, 0.6) is 5.75 Å². The van der Waals surface area contributed by atoms with Crippen LogP contribution in [0.1, 0.15) is 12.2 Å². The van der Waals surface area contributed by atoms with E-state index in [0.29, 0.717) is 33.9 Å². The third-order valence-electron chi connectivity index (χ3n) is 4.58. The van der Waals surface area contributed by atoms with Crippen molar-refractivity contribution in [3.63, 3.8) is 0 Å². The molecule has 0 saturated heterocycles. The van der Waals surface area contributed by atoms with Crippen molar-refractivity contribution in [1.82, 2.24) is 14.8 Å². The maximum atomic E-state index is 12.3. The van der Waals surface area contributed by atoms with Gasteiger partial charge in [0, 0.05) is 33.0 Å². The van der Waals surface area contributed by atoms with Crippen LogP contribution in [0.4, 0.5) is 5.69 Å². The summed E-state index contributed by atoms with van der Waals surface area (Å²) in [6.45, 7) is 0.244. The van der Waals surface area contributed by atoms with E-state index >= 15 is 0 Å². The Bertz CT molecular complexity index is 1200. The van der Waals surface area contributed by atoms with E-state index in [2.05, 4.69) is 31.4 Å². The second-order valence-electron chi connectivity index (χ2n) is 6.97. The lowest BCUT2D eigenvalue weighted by atomic mass is 10.3. The predicted molar refractivity (Wildman–Crippen MR) is 135 cm³/mol. The van der Waals surface area contributed by atoms with Gasteiger partial charge in [-0.2, -0.15) is 0 Å². The Morgan fingerprint density at radius 3 is 2.45 bits per heavy atom. The minimum atomic E-state index is -0.0538. The van der Waals surface area contributed by atoms with Gasteiger partial charge in [0.15, 0.2) is 11.0 Å². The molecule has 0 radical (unpaired) electrons. The zero-order valence-electron chi connectivity index (χ0n) is 17.4. The molecule has 9 heteroatoms. The molecule has 0 atom stereocenters. The standard InChI is InChI=1S/C24H20BrClN4O2S/c25-17-6-10-19(11-7-17)27-23(31)14-15-33-24-29-28-22(30(24)20-4-2-1-3-5-20)16-32-21-12-8-18(26)9-13-21/h1-13H,14-16H2,(H,27,31). The molecule has 1 heterocycles. The van der Waals surface area contributed by atoms with E-state index in [4.69, 9.17) is 16.3 Å². The van der Waals surface area contributed by atoms with E-state index in [0.717, 1.165) is 15.8 Å². The summed E-state index contributed by atoms with van der Waals surface area (Å²) in [6.07, 6.45) is 0.346. The van der Waals surface area contributed by atoms with Crippen LogP contribution in [0.15, 0.2) is 88.5 Å². The van der Waals surface area contributed by atoms with Crippen LogP contribution < -0.4 is 10.1 Å². The number of benzene rings is 3. The third kappa shape index (κ3) is 6.60. The highest BCUT2D eigenvalue weighted by atomic mass is 79.9. The number of hydrogen-bond donors (Lipinski definition) is 1. The summed E-state index contributed by atoms with van der Waals surface area (Å²) in [5.74, 6) is 1.87. The Labute approximate surface area is 209 Å². The molecule has 1 aromatic heterocycles. The smallest absolute Gasteiger partial charge is 0.225 e. The van der Waals surface area contributed by atoms with Crippen LogP contribution in [-0.2, 0) is 11.4 Å². The summed E-state index contributed by atoms with van der Waals surface area (Å²) >= 11 is 10.8. The van der Waals surface area contributed by atoms with Crippen molar-refractivity contribution < 1.29 is 9.53 Å². The second-order valence-corrected chi connectivity index (χ2v) is 9.38. The largest absolute Gasteiger partial charge is 0.486 e. The fourth-order valence-corrected chi connectivity index (χ4v) is 4.29. The minimum Gasteiger partial charge on any atom is -0.486 e. The van der Waals surface area contributed by atoms with Gasteiger partial charge in [0.25, 0.3) is 0 Å². The molecule has 0 bridgehead atoms. The van der Waals surface area contributed by atoms with Gasteiger partial charge in [0.2, 0.25) is 5.91 Å². The van der Waals surface area contributed by atoms with Gasteiger partial charge >= 0.3 is 0 Å². The molecule has 168 valence electrons. The van der Waals surface area contributed by atoms with Gasteiger partial charge in [0.1, 0.15) is 12.4 Å². The SMILES string of the molecule is O=C(CCSc1nnc(COc2ccc(Cl)cc2)n1-c1ccccc1)Nc1ccc(Br)cc1. The number of halogens is 2. The summed E-state index contributed by atoms with van der Waals surface area (Å²) in [6, 6.07) is 24.5. The predicted octanol–water partition coefficient (Wildman–Crippen LogP) is 6.38. The molecule has 3 aromatic carbocycles. The van der Waals surface area contributed by atoms with Gasteiger partial charge < -0.3 is 10.1 Å². The molecule has 6 nitrogen and oxygen atoms in total. The average molecular weight is 544 g/mol. The molecule has 0 aliphatic carbocycles. The van der Waals surface area contributed by atoms with E-state index in [1.807, 2.05) is 71.3 Å². The lowest BCUT2D eigenvalue weighted by molar-refractivity contribution is -0.115. The zero-order valence-corrected chi connectivity index (χ0v) is 20.6. The van der Waals surface area contributed by atoms with Gasteiger partial charge in [-0.1, -0.05) is 57.5 Å². The highest BCUT2D eigenvalue weighted by molar-refractivity contribution is 9.10. The maximum absolute atomic E-state index is 12.3. The number of thioether (sulfide) groups is 1. The monoisotopic (exact) mass is 542 g/mol. The van der Waals surface area contributed by atoms with Crippen LogP contribution in [-0.4, -0.2) is 26.4 Å². The topological polar surface area (TPSA) is 69.0 Å². The normalized spacial score (nSPS) is 10.7. The van der Waals surface area contributed by atoms with Crippen LogP contribution >= 0.6 is 39.3 Å². The number of para-hydroxylation sites is 1. The highest BCUT2D eigenvalue weighted by Gasteiger charge is 2.16. The van der Waals surface area contributed by atoms with E-state index in [-0.39, 0.29) is 12.5 Å². The van der Waals surface area contributed by atoms with Crippen LogP contribution in [0.3, 0.4) is 0 Å². The first-order valence-corrected chi connectivity index (χ1v) is 12.3. The molecule has 0 aliphatic rings. The van der Waals surface area contributed by atoms with Crippen molar-refractivity contribution in [2.45, 2.75) is 18.2 Å². The molecule has 0 fully saturated rings. The summed E-state index contributed by atoms with van der Waals surface area (Å²) in [5.41, 5.74) is 1.70. The average Bonchev–Trinajstić information content (AvgIpc) is 3.23. The number of aromatic nitrogens is 3. The van der Waals surface area contributed by atoms with Crippen LogP contribution in [0, 0.1) is 0 Å². The lowest BCUT2D eigenvalue weighted by Crippen LogP contribution is -2.12. The number of rotatable bonds is 9. The molecule has 1 amide bonds. The molecule has 4 aromatic rings. The highest BCUT2D eigenvalue weighted by Crippen LogP contribution is 2.24. The van der Waals surface area contributed by atoms with Crippen molar-refractivity contribution in [2.75, 3.05) is 11.1 Å². The van der Waals surface area contributed by atoms with Gasteiger partial charge in [0.05, 0.1) is 0 Å². The first-order chi connectivity index (χ1) is 16.1. The van der Waals surface area contributed by atoms with Crippen molar-refractivity contribution in [3.05, 3.63) is 94.2 Å². The van der Waals surface area contributed by atoms with Gasteiger partial charge in [-0.15, -0.1) is 10.2 Å². The summed E-state index contributed by atoms with van der Waals surface area (Å²) in [5, 5.41) is 12.9. The van der Waals surface area contributed by atoms with Crippen molar-refractivity contribution in [1.29, 1.82) is 0 Å². The Morgan fingerprint density at radius 1 is 1.00 bits per heavy atom. The maximum Gasteiger partial charge on any atom is 0.225 e.